The number of aromatic nitrogens is 3. The molecule has 202 valence electrons. The van der Waals surface area contributed by atoms with E-state index in [1.54, 1.807) is 6.07 Å². The van der Waals surface area contributed by atoms with Crippen molar-refractivity contribution < 1.29 is 31.9 Å². The summed E-state index contributed by atoms with van der Waals surface area (Å²) < 4.78 is 57.1. The SMILES string of the molecule is CNC(=O)/C(N)=C/N(N)CC(F)CCc1ccc(NC(=O)Cc2cc(OC(C)C(F)(F)F)ccn2)nn1. The molecule has 0 fully saturated rings. The molecular weight excluding hydrogens is 500 g/mol. The van der Waals surface area contributed by atoms with E-state index in [0.29, 0.717) is 5.69 Å². The van der Waals surface area contributed by atoms with Crippen LogP contribution in [-0.2, 0) is 22.4 Å². The number of nitrogens with zero attached hydrogens (tertiary/aromatic N) is 4. The fourth-order valence-corrected chi connectivity index (χ4v) is 2.87. The van der Waals surface area contributed by atoms with Gasteiger partial charge in [0.25, 0.3) is 5.91 Å². The van der Waals surface area contributed by atoms with Gasteiger partial charge in [-0.05, 0) is 38.0 Å². The van der Waals surface area contributed by atoms with Gasteiger partial charge < -0.3 is 26.1 Å². The monoisotopic (exact) mass is 528 g/mol. The van der Waals surface area contributed by atoms with Crippen LogP contribution < -0.4 is 26.9 Å². The van der Waals surface area contributed by atoms with Crippen LogP contribution >= 0.6 is 0 Å². The summed E-state index contributed by atoms with van der Waals surface area (Å²) in [5.74, 6) is 4.64. The number of halogens is 4. The number of hydrazine groups is 1. The number of hydrogen-bond donors (Lipinski definition) is 4. The number of amides is 2. The van der Waals surface area contributed by atoms with Gasteiger partial charge in [-0.25, -0.2) is 10.2 Å². The van der Waals surface area contributed by atoms with E-state index in [9.17, 15) is 27.2 Å². The Morgan fingerprint density at radius 2 is 1.95 bits per heavy atom. The number of alkyl halides is 4. The molecule has 2 aromatic rings. The number of anilines is 1. The maximum absolute atomic E-state index is 14.2. The number of ether oxygens (including phenoxy) is 1. The minimum absolute atomic E-state index is 0.0679. The Morgan fingerprint density at radius 3 is 2.57 bits per heavy atom. The Kier molecular flexibility index (Phi) is 10.5. The molecule has 0 aliphatic heterocycles. The number of hydrogen-bond acceptors (Lipinski definition) is 9. The van der Waals surface area contributed by atoms with E-state index < -0.39 is 30.3 Å². The molecule has 15 heteroatoms. The summed E-state index contributed by atoms with van der Waals surface area (Å²) in [5.41, 5.74) is 6.02. The zero-order valence-corrected chi connectivity index (χ0v) is 20.1. The molecule has 37 heavy (non-hydrogen) atoms. The highest BCUT2D eigenvalue weighted by Crippen LogP contribution is 2.25. The second-order valence-electron chi connectivity index (χ2n) is 7.92. The molecule has 2 atom stereocenters. The molecule has 0 aromatic carbocycles. The van der Waals surface area contributed by atoms with Crippen molar-refractivity contribution in [2.75, 3.05) is 18.9 Å². The van der Waals surface area contributed by atoms with Crippen molar-refractivity contribution in [3.63, 3.8) is 0 Å². The minimum atomic E-state index is -4.53. The zero-order valence-electron chi connectivity index (χ0n) is 20.1. The maximum Gasteiger partial charge on any atom is 0.425 e. The third kappa shape index (κ3) is 10.2. The lowest BCUT2D eigenvalue weighted by molar-refractivity contribution is -0.189. The third-order valence-corrected chi connectivity index (χ3v) is 4.81. The van der Waals surface area contributed by atoms with Gasteiger partial charge in [-0.3, -0.25) is 14.6 Å². The summed E-state index contributed by atoms with van der Waals surface area (Å²) in [5, 5.41) is 13.6. The molecule has 0 radical (unpaired) electrons. The standard InChI is InChI=1S/C22H28F4N8O3/c1-13(22(24,25)26)37-17-7-8-30-16(9-17)10-20(35)31-19-6-5-15(32-33-19)4-3-14(23)11-34(28)12-18(27)21(36)29-2/h5-9,12-14H,3-4,10-11,27-28H2,1-2H3,(H,29,36)(H,31,33,35)/b18-12-. The van der Waals surface area contributed by atoms with E-state index in [0.717, 1.165) is 18.1 Å². The van der Waals surface area contributed by atoms with Crippen molar-refractivity contribution in [1.82, 2.24) is 25.5 Å². The Morgan fingerprint density at radius 1 is 1.22 bits per heavy atom. The predicted molar refractivity (Wildman–Crippen MR) is 125 cm³/mol. The summed E-state index contributed by atoms with van der Waals surface area (Å²) >= 11 is 0. The van der Waals surface area contributed by atoms with E-state index in [2.05, 4.69) is 25.8 Å². The first-order valence-corrected chi connectivity index (χ1v) is 11.0. The van der Waals surface area contributed by atoms with E-state index in [-0.39, 0.29) is 48.8 Å². The van der Waals surface area contributed by atoms with E-state index in [4.69, 9.17) is 16.3 Å². The topological polar surface area (TPSA) is 161 Å². The smallest absolute Gasteiger partial charge is 0.425 e. The minimum Gasteiger partial charge on any atom is -0.481 e. The number of pyridine rings is 1. The van der Waals surface area contributed by atoms with Crippen molar-refractivity contribution in [3.05, 3.63) is 53.7 Å². The summed E-state index contributed by atoms with van der Waals surface area (Å²) in [7, 11) is 1.40. The fraction of sp³-hybridized carbons (Fsp3) is 0.409. The first-order chi connectivity index (χ1) is 17.4. The van der Waals surface area contributed by atoms with Gasteiger partial charge in [-0.15, -0.1) is 5.10 Å². The van der Waals surface area contributed by atoms with Crippen molar-refractivity contribution in [1.29, 1.82) is 0 Å². The number of nitrogens with one attached hydrogen (secondary N) is 2. The van der Waals surface area contributed by atoms with Crippen molar-refractivity contribution in [2.24, 2.45) is 11.6 Å². The second-order valence-corrected chi connectivity index (χ2v) is 7.92. The van der Waals surface area contributed by atoms with E-state index >= 15 is 0 Å². The summed E-state index contributed by atoms with van der Waals surface area (Å²) in [6.07, 6.45) is -5.45. The molecule has 2 unspecified atom stereocenters. The molecule has 0 saturated heterocycles. The lowest BCUT2D eigenvalue weighted by atomic mass is 10.1. The van der Waals surface area contributed by atoms with Crippen LogP contribution in [0.5, 0.6) is 5.75 Å². The molecule has 0 aliphatic rings. The number of nitrogens with two attached hydrogens (primary N) is 2. The first kappa shape index (κ1) is 29.2. The average Bonchev–Trinajstić information content (AvgIpc) is 2.82. The molecule has 0 spiro atoms. The predicted octanol–water partition coefficient (Wildman–Crippen LogP) is 1.37. The lowest BCUT2D eigenvalue weighted by Crippen LogP contribution is -2.35. The van der Waals surface area contributed by atoms with Gasteiger partial charge in [0.05, 0.1) is 24.4 Å². The van der Waals surface area contributed by atoms with E-state index in [1.165, 1.54) is 31.4 Å². The Labute approximate surface area is 210 Å². The largest absolute Gasteiger partial charge is 0.481 e. The van der Waals surface area contributed by atoms with Crippen LogP contribution in [0.1, 0.15) is 24.7 Å². The number of carbonyl (C=O) groups is 2. The van der Waals surface area contributed by atoms with E-state index in [1.807, 2.05) is 0 Å². The number of likely N-dealkylation sites (N-methyl/N-ethyl adjacent to an activating group) is 1. The molecule has 2 rings (SSSR count). The Bertz CT molecular complexity index is 1080. The number of aryl methyl sites for hydroxylation is 1. The fourth-order valence-electron chi connectivity index (χ4n) is 2.87. The highest BCUT2D eigenvalue weighted by atomic mass is 19.4. The summed E-state index contributed by atoms with van der Waals surface area (Å²) in [6.45, 7) is 0.674. The molecule has 11 nitrogen and oxygen atoms in total. The summed E-state index contributed by atoms with van der Waals surface area (Å²) in [6, 6.07) is 5.55. The Hall–Kier alpha value is -4.01. The van der Waals surface area contributed by atoms with Crippen molar-refractivity contribution in [3.8, 4) is 5.75 Å². The van der Waals surface area contributed by atoms with Gasteiger partial charge in [-0.2, -0.15) is 18.3 Å². The second kappa shape index (κ2) is 13.3. The van der Waals surface area contributed by atoms with Crippen LogP contribution in [-0.4, -0.2) is 64.0 Å². The highest BCUT2D eigenvalue weighted by Gasteiger charge is 2.38. The molecule has 0 aliphatic carbocycles. The van der Waals surface area contributed by atoms with Crippen LogP contribution in [0.3, 0.4) is 0 Å². The average molecular weight is 529 g/mol. The lowest BCUT2D eigenvalue weighted by Gasteiger charge is -2.17. The maximum atomic E-state index is 14.2. The van der Waals surface area contributed by atoms with Crippen LogP contribution in [0, 0.1) is 0 Å². The van der Waals surface area contributed by atoms with Crippen LogP contribution in [0.15, 0.2) is 42.4 Å². The van der Waals surface area contributed by atoms with Crippen LogP contribution in [0.4, 0.5) is 23.4 Å². The third-order valence-electron chi connectivity index (χ3n) is 4.81. The molecule has 2 aromatic heterocycles. The van der Waals surface area contributed by atoms with Gasteiger partial charge in [0.15, 0.2) is 11.9 Å². The summed E-state index contributed by atoms with van der Waals surface area (Å²) in [4.78, 5) is 27.6. The zero-order chi connectivity index (χ0) is 27.6. The Balaban J connectivity index is 1.83. The van der Waals surface area contributed by atoms with Gasteiger partial charge in [-0.1, -0.05) is 0 Å². The molecule has 0 saturated carbocycles. The normalized spacial score (nSPS) is 13.4. The molecule has 2 heterocycles. The van der Waals surface area contributed by atoms with Crippen molar-refractivity contribution in [2.45, 2.75) is 44.6 Å². The molecule has 0 bridgehead atoms. The highest BCUT2D eigenvalue weighted by molar-refractivity contribution is 5.92. The number of rotatable bonds is 12. The van der Waals surface area contributed by atoms with Gasteiger partial charge in [0, 0.05) is 25.5 Å². The van der Waals surface area contributed by atoms with Crippen LogP contribution in [0.2, 0.25) is 0 Å². The number of carbonyl (C=O) groups excluding carboxylic acids is 2. The molecule has 6 N–H and O–H groups in total. The van der Waals surface area contributed by atoms with Crippen LogP contribution in [0.25, 0.3) is 0 Å². The molecule has 2 amide bonds. The van der Waals surface area contributed by atoms with Gasteiger partial charge in [0.1, 0.15) is 17.6 Å². The van der Waals surface area contributed by atoms with Gasteiger partial charge in [0.2, 0.25) is 5.91 Å². The van der Waals surface area contributed by atoms with Crippen molar-refractivity contribution >= 4 is 17.6 Å². The quantitative estimate of drug-likeness (QED) is 0.138. The first-order valence-electron chi connectivity index (χ1n) is 11.0. The molecular formula is C22H28F4N8O3. The van der Waals surface area contributed by atoms with Gasteiger partial charge >= 0.3 is 6.18 Å².